The zero-order valence-corrected chi connectivity index (χ0v) is 11.7. The maximum atomic E-state index is 9.79. The summed E-state index contributed by atoms with van der Waals surface area (Å²) < 4.78 is 10.4. The Balaban J connectivity index is 2.25. The van der Waals surface area contributed by atoms with Crippen LogP contribution in [0.4, 0.5) is 5.69 Å². The van der Waals surface area contributed by atoms with Crippen LogP contribution in [0.15, 0.2) is 29.2 Å². The van der Waals surface area contributed by atoms with E-state index in [1.807, 2.05) is 31.2 Å². The van der Waals surface area contributed by atoms with E-state index >= 15 is 0 Å². The van der Waals surface area contributed by atoms with Gasteiger partial charge in [-0.1, -0.05) is 12.1 Å². The maximum Gasteiger partial charge on any atom is 0.0867 e. The monoisotopic (exact) mass is 271 g/mol. The molecule has 5 heteroatoms. The molecule has 0 fully saturated rings. The van der Waals surface area contributed by atoms with Gasteiger partial charge < -0.3 is 20.3 Å². The van der Waals surface area contributed by atoms with Crippen LogP contribution in [0, 0.1) is 0 Å². The molecule has 18 heavy (non-hydrogen) atoms. The molecule has 0 bridgehead atoms. The molecule has 1 aromatic rings. The first-order chi connectivity index (χ1) is 8.63. The number of para-hydroxylation sites is 1. The van der Waals surface area contributed by atoms with Crippen LogP contribution in [0.3, 0.4) is 0 Å². The predicted octanol–water partition coefficient (Wildman–Crippen LogP) is 1.77. The number of nitrogen functional groups attached to an aromatic ring is 1. The van der Waals surface area contributed by atoms with Crippen LogP contribution in [-0.2, 0) is 9.47 Å². The van der Waals surface area contributed by atoms with E-state index in [9.17, 15) is 5.11 Å². The minimum atomic E-state index is -0.506. The second kappa shape index (κ2) is 8.37. The van der Waals surface area contributed by atoms with Gasteiger partial charge in [0.1, 0.15) is 0 Å². The molecule has 1 aromatic carbocycles. The van der Waals surface area contributed by atoms with Crippen molar-refractivity contribution in [3.63, 3.8) is 0 Å². The SMILES string of the molecule is COCC(C)OCC(O)CSc1ccccc1N. The first kappa shape index (κ1) is 15.3. The second-order valence-electron chi connectivity index (χ2n) is 4.10. The average molecular weight is 271 g/mol. The minimum Gasteiger partial charge on any atom is -0.398 e. The number of methoxy groups -OCH3 is 1. The molecular weight excluding hydrogens is 250 g/mol. The van der Waals surface area contributed by atoms with Crippen LogP contribution in [0.5, 0.6) is 0 Å². The standard InChI is InChI=1S/C13H21NO3S/c1-10(7-16-2)17-8-11(15)9-18-13-6-4-3-5-12(13)14/h3-6,10-11,15H,7-9,14H2,1-2H3. The van der Waals surface area contributed by atoms with E-state index < -0.39 is 6.10 Å². The highest BCUT2D eigenvalue weighted by molar-refractivity contribution is 7.99. The molecule has 3 N–H and O–H groups in total. The number of aliphatic hydroxyl groups is 1. The van der Waals surface area contributed by atoms with E-state index in [4.69, 9.17) is 15.2 Å². The third-order valence-corrected chi connectivity index (χ3v) is 3.56. The minimum absolute atomic E-state index is 0.00329. The van der Waals surface area contributed by atoms with Crippen LogP contribution in [-0.4, -0.2) is 43.4 Å². The topological polar surface area (TPSA) is 64.7 Å². The Morgan fingerprint density at radius 1 is 1.33 bits per heavy atom. The van der Waals surface area contributed by atoms with Crippen molar-refractivity contribution < 1.29 is 14.6 Å². The van der Waals surface area contributed by atoms with E-state index in [0.717, 1.165) is 10.6 Å². The number of aliphatic hydroxyl groups excluding tert-OH is 1. The lowest BCUT2D eigenvalue weighted by atomic mass is 10.3. The summed E-state index contributed by atoms with van der Waals surface area (Å²) in [7, 11) is 1.63. The quantitative estimate of drug-likeness (QED) is 0.557. The molecule has 0 aliphatic carbocycles. The normalized spacial score (nSPS) is 14.4. The summed E-state index contributed by atoms with van der Waals surface area (Å²) in [4.78, 5) is 0.987. The fraction of sp³-hybridized carbons (Fsp3) is 0.538. The lowest BCUT2D eigenvalue weighted by molar-refractivity contribution is -0.0257. The highest BCUT2D eigenvalue weighted by Crippen LogP contribution is 2.24. The van der Waals surface area contributed by atoms with Crippen molar-refractivity contribution >= 4 is 17.4 Å². The highest BCUT2D eigenvalue weighted by Gasteiger charge is 2.09. The van der Waals surface area contributed by atoms with E-state index in [1.54, 1.807) is 7.11 Å². The van der Waals surface area contributed by atoms with Crippen LogP contribution >= 0.6 is 11.8 Å². The van der Waals surface area contributed by atoms with Crippen molar-refractivity contribution in [3.8, 4) is 0 Å². The van der Waals surface area contributed by atoms with Gasteiger partial charge in [-0.15, -0.1) is 11.8 Å². The van der Waals surface area contributed by atoms with E-state index in [2.05, 4.69) is 0 Å². The van der Waals surface area contributed by atoms with Crippen molar-refractivity contribution in [1.82, 2.24) is 0 Å². The number of thioether (sulfide) groups is 1. The van der Waals surface area contributed by atoms with Gasteiger partial charge in [0.25, 0.3) is 0 Å². The van der Waals surface area contributed by atoms with Gasteiger partial charge >= 0.3 is 0 Å². The van der Waals surface area contributed by atoms with Gasteiger partial charge in [0.2, 0.25) is 0 Å². The maximum absolute atomic E-state index is 9.79. The second-order valence-corrected chi connectivity index (χ2v) is 5.16. The number of anilines is 1. The zero-order chi connectivity index (χ0) is 13.4. The molecule has 0 radical (unpaired) electrons. The summed E-state index contributed by atoms with van der Waals surface area (Å²) in [5, 5.41) is 9.79. The van der Waals surface area contributed by atoms with Crippen molar-refractivity contribution in [2.45, 2.75) is 24.0 Å². The Labute approximate surface area is 112 Å². The van der Waals surface area contributed by atoms with Gasteiger partial charge in [-0.05, 0) is 19.1 Å². The molecule has 0 spiro atoms. The summed E-state index contributed by atoms with van der Waals surface area (Å²) in [6, 6.07) is 7.63. The third kappa shape index (κ3) is 5.73. The van der Waals surface area contributed by atoms with Crippen LogP contribution < -0.4 is 5.73 Å². The van der Waals surface area contributed by atoms with Crippen LogP contribution in [0.1, 0.15) is 6.92 Å². The van der Waals surface area contributed by atoms with Crippen LogP contribution in [0.2, 0.25) is 0 Å². The highest BCUT2D eigenvalue weighted by atomic mass is 32.2. The fourth-order valence-electron chi connectivity index (χ4n) is 1.40. The molecule has 4 nitrogen and oxygen atoms in total. The zero-order valence-electron chi connectivity index (χ0n) is 10.8. The van der Waals surface area contributed by atoms with Gasteiger partial charge in [-0.3, -0.25) is 0 Å². The van der Waals surface area contributed by atoms with Crippen LogP contribution in [0.25, 0.3) is 0 Å². The lowest BCUT2D eigenvalue weighted by Gasteiger charge is -2.15. The molecule has 1 rings (SSSR count). The Bertz CT molecular complexity index is 349. The first-order valence-electron chi connectivity index (χ1n) is 5.89. The Morgan fingerprint density at radius 3 is 2.72 bits per heavy atom. The van der Waals surface area contributed by atoms with Gasteiger partial charge in [0.15, 0.2) is 0 Å². The number of ether oxygens (including phenoxy) is 2. The summed E-state index contributed by atoms with van der Waals surface area (Å²) in [6.45, 7) is 2.76. The van der Waals surface area contributed by atoms with Crippen molar-refractivity contribution in [2.24, 2.45) is 0 Å². The summed E-state index contributed by atoms with van der Waals surface area (Å²) in [5.74, 6) is 0.563. The largest absolute Gasteiger partial charge is 0.398 e. The lowest BCUT2D eigenvalue weighted by Crippen LogP contribution is -2.24. The molecule has 0 saturated carbocycles. The van der Waals surface area contributed by atoms with Crippen molar-refractivity contribution in [1.29, 1.82) is 0 Å². The number of nitrogens with two attached hydrogens (primary N) is 1. The number of hydrogen-bond acceptors (Lipinski definition) is 5. The molecule has 0 amide bonds. The molecule has 0 aliphatic rings. The van der Waals surface area contributed by atoms with E-state index in [0.29, 0.717) is 19.0 Å². The smallest absolute Gasteiger partial charge is 0.0867 e. The van der Waals surface area contributed by atoms with Crippen molar-refractivity contribution in [2.75, 3.05) is 31.8 Å². The van der Waals surface area contributed by atoms with E-state index in [1.165, 1.54) is 11.8 Å². The number of rotatable bonds is 8. The van der Waals surface area contributed by atoms with Gasteiger partial charge in [0.05, 0.1) is 25.4 Å². The van der Waals surface area contributed by atoms with Gasteiger partial charge in [0, 0.05) is 23.4 Å². The van der Waals surface area contributed by atoms with Gasteiger partial charge in [-0.2, -0.15) is 0 Å². The molecule has 102 valence electrons. The Morgan fingerprint density at radius 2 is 2.06 bits per heavy atom. The molecule has 0 aromatic heterocycles. The summed E-state index contributed by atoms with van der Waals surface area (Å²) in [5.41, 5.74) is 6.56. The summed E-state index contributed by atoms with van der Waals surface area (Å²) >= 11 is 1.53. The van der Waals surface area contributed by atoms with Crippen molar-refractivity contribution in [3.05, 3.63) is 24.3 Å². The van der Waals surface area contributed by atoms with E-state index in [-0.39, 0.29) is 6.10 Å². The summed E-state index contributed by atoms with van der Waals surface area (Å²) in [6.07, 6.45) is -0.509. The number of hydrogen-bond donors (Lipinski definition) is 2. The molecule has 0 saturated heterocycles. The fourth-order valence-corrected chi connectivity index (χ4v) is 2.28. The molecule has 0 heterocycles. The average Bonchev–Trinajstić information content (AvgIpc) is 2.36. The molecule has 2 atom stereocenters. The third-order valence-electron chi connectivity index (χ3n) is 2.32. The molecule has 0 aliphatic heterocycles. The molecular formula is C13H21NO3S. The van der Waals surface area contributed by atoms with Gasteiger partial charge in [-0.25, -0.2) is 0 Å². The molecule has 2 unspecified atom stereocenters. The number of benzene rings is 1. The Hall–Kier alpha value is -0.750. The Kier molecular flexibility index (Phi) is 7.12. The first-order valence-corrected chi connectivity index (χ1v) is 6.88. The predicted molar refractivity (Wildman–Crippen MR) is 74.9 cm³/mol.